The second-order valence-electron chi connectivity index (χ2n) is 4.19. The van der Waals surface area contributed by atoms with E-state index in [-0.39, 0.29) is 30.8 Å². The Morgan fingerprint density at radius 3 is 2.61 bits per heavy atom. The van der Waals surface area contributed by atoms with Crippen molar-refractivity contribution in [1.29, 1.82) is 0 Å². The summed E-state index contributed by atoms with van der Waals surface area (Å²) in [7, 11) is 0. The predicted octanol–water partition coefficient (Wildman–Crippen LogP) is 1.41. The molecule has 0 aromatic heterocycles. The topological polar surface area (TPSA) is 55.7 Å². The van der Waals surface area contributed by atoms with Gasteiger partial charge in [0, 0.05) is 36.8 Å². The van der Waals surface area contributed by atoms with E-state index in [0.29, 0.717) is 10.6 Å². The molecule has 102 valence electrons. The number of aliphatic hydroxyl groups excluding tert-OH is 1. The van der Waals surface area contributed by atoms with Crippen molar-refractivity contribution >= 4 is 24.0 Å². The number of aliphatic hydroxyl groups is 1. The highest BCUT2D eigenvalue weighted by molar-refractivity contribution is 6.30. The normalized spacial score (nSPS) is 18.1. The van der Waals surface area contributed by atoms with Gasteiger partial charge in [-0.05, 0) is 18.2 Å². The van der Waals surface area contributed by atoms with Crippen LogP contribution in [0.25, 0.3) is 0 Å². The maximum Gasteiger partial charge on any atom is 0.120 e. The maximum atomic E-state index is 9.86. The van der Waals surface area contributed by atoms with Crippen LogP contribution in [0.15, 0.2) is 18.2 Å². The Bertz CT molecular complexity index is 384. The highest BCUT2D eigenvalue weighted by atomic mass is 35.5. The summed E-state index contributed by atoms with van der Waals surface area (Å²) in [6.07, 6.45) is 0. The molecule has 0 spiro atoms. The zero-order chi connectivity index (χ0) is 12.3. The van der Waals surface area contributed by atoms with Crippen LogP contribution in [0.3, 0.4) is 0 Å². The third-order valence-electron chi connectivity index (χ3n) is 3.11. The van der Waals surface area contributed by atoms with Crippen LogP contribution in [0, 0.1) is 0 Å². The first kappa shape index (κ1) is 15.5. The number of hydrogen-bond acceptors (Lipinski definition) is 4. The lowest BCUT2D eigenvalue weighted by atomic mass is 10.0. The van der Waals surface area contributed by atoms with Gasteiger partial charge in [0.25, 0.3) is 0 Å². The van der Waals surface area contributed by atoms with Crippen molar-refractivity contribution in [3.63, 3.8) is 0 Å². The molecule has 18 heavy (non-hydrogen) atoms. The van der Waals surface area contributed by atoms with Gasteiger partial charge < -0.3 is 15.5 Å². The number of halogens is 2. The molecule has 1 atom stereocenters. The van der Waals surface area contributed by atoms with Crippen molar-refractivity contribution in [3.05, 3.63) is 28.8 Å². The fourth-order valence-corrected chi connectivity index (χ4v) is 2.38. The Labute approximate surface area is 118 Å². The quantitative estimate of drug-likeness (QED) is 0.788. The Morgan fingerprint density at radius 2 is 2.00 bits per heavy atom. The van der Waals surface area contributed by atoms with Gasteiger partial charge in [-0.3, -0.25) is 4.90 Å². The van der Waals surface area contributed by atoms with E-state index in [0.717, 1.165) is 26.2 Å². The SMILES string of the molecule is Cl.OC[C@@H](c1cc(Cl)ccc1O)N1CCNCC1. The molecule has 0 aliphatic carbocycles. The number of rotatable bonds is 3. The van der Waals surface area contributed by atoms with Gasteiger partial charge in [0.15, 0.2) is 0 Å². The zero-order valence-electron chi connectivity index (χ0n) is 9.97. The summed E-state index contributed by atoms with van der Waals surface area (Å²) in [6, 6.07) is 4.75. The third kappa shape index (κ3) is 3.49. The van der Waals surface area contributed by atoms with Gasteiger partial charge in [0.2, 0.25) is 0 Å². The van der Waals surface area contributed by atoms with Crippen LogP contribution >= 0.6 is 24.0 Å². The van der Waals surface area contributed by atoms with E-state index in [1.54, 1.807) is 18.2 Å². The van der Waals surface area contributed by atoms with Crippen LogP contribution in [-0.4, -0.2) is 47.9 Å². The Kier molecular flexibility index (Phi) is 6.18. The van der Waals surface area contributed by atoms with Crippen LogP contribution in [-0.2, 0) is 0 Å². The molecule has 0 bridgehead atoms. The van der Waals surface area contributed by atoms with E-state index in [4.69, 9.17) is 11.6 Å². The molecule has 2 rings (SSSR count). The number of nitrogens with zero attached hydrogens (tertiary/aromatic N) is 1. The van der Waals surface area contributed by atoms with Crippen molar-refractivity contribution < 1.29 is 10.2 Å². The molecule has 1 saturated heterocycles. The van der Waals surface area contributed by atoms with Gasteiger partial charge in [-0.15, -0.1) is 12.4 Å². The van der Waals surface area contributed by atoms with Crippen molar-refractivity contribution in [1.82, 2.24) is 10.2 Å². The Balaban J connectivity index is 0.00000162. The van der Waals surface area contributed by atoms with Gasteiger partial charge in [0.05, 0.1) is 12.6 Å². The van der Waals surface area contributed by atoms with Gasteiger partial charge in [-0.25, -0.2) is 0 Å². The fourth-order valence-electron chi connectivity index (χ4n) is 2.20. The number of aromatic hydroxyl groups is 1. The lowest BCUT2D eigenvalue weighted by Gasteiger charge is -2.34. The molecule has 0 unspecified atom stereocenters. The molecular formula is C12H18Cl2N2O2. The van der Waals surface area contributed by atoms with E-state index in [9.17, 15) is 10.2 Å². The molecular weight excluding hydrogens is 275 g/mol. The van der Waals surface area contributed by atoms with Crippen LogP contribution in [0.2, 0.25) is 5.02 Å². The molecule has 6 heteroatoms. The molecule has 1 heterocycles. The number of benzene rings is 1. The predicted molar refractivity (Wildman–Crippen MR) is 74.6 cm³/mol. The van der Waals surface area contributed by atoms with Gasteiger partial charge in [-0.2, -0.15) is 0 Å². The van der Waals surface area contributed by atoms with E-state index < -0.39 is 0 Å². The maximum absolute atomic E-state index is 9.86. The lowest BCUT2D eigenvalue weighted by Crippen LogP contribution is -2.46. The summed E-state index contributed by atoms with van der Waals surface area (Å²) in [4.78, 5) is 2.15. The Hall–Kier alpha value is -0.520. The molecule has 3 N–H and O–H groups in total. The highest BCUT2D eigenvalue weighted by Crippen LogP contribution is 2.30. The molecule has 1 aromatic carbocycles. The number of phenols is 1. The van der Waals surface area contributed by atoms with E-state index in [1.165, 1.54) is 0 Å². The number of hydrogen-bond donors (Lipinski definition) is 3. The molecule has 1 aromatic rings. The summed E-state index contributed by atoms with van der Waals surface area (Å²) < 4.78 is 0. The minimum atomic E-state index is -0.184. The molecule has 0 saturated carbocycles. The lowest BCUT2D eigenvalue weighted by molar-refractivity contribution is 0.109. The minimum Gasteiger partial charge on any atom is -0.508 e. The smallest absolute Gasteiger partial charge is 0.120 e. The molecule has 0 radical (unpaired) electrons. The monoisotopic (exact) mass is 292 g/mol. The zero-order valence-corrected chi connectivity index (χ0v) is 11.5. The van der Waals surface area contributed by atoms with Crippen molar-refractivity contribution in [2.24, 2.45) is 0 Å². The number of nitrogens with one attached hydrogen (secondary N) is 1. The average Bonchev–Trinajstić information content (AvgIpc) is 2.36. The summed E-state index contributed by atoms with van der Waals surface area (Å²) >= 11 is 5.93. The number of piperazine rings is 1. The van der Waals surface area contributed by atoms with E-state index in [2.05, 4.69) is 10.2 Å². The van der Waals surface area contributed by atoms with Crippen molar-refractivity contribution in [3.8, 4) is 5.75 Å². The first-order valence-corrected chi connectivity index (χ1v) is 6.14. The third-order valence-corrected chi connectivity index (χ3v) is 3.35. The largest absolute Gasteiger partial charge is 0.508 e. The Morgan fingerprint density at radius 1 is 1.33 bits per heavy atom. The summed E-state index contributed by atoms with van der Waals surface area (Å²) in [6.45, 7) is 3.50. The molecule has 1 aliphatic heterocycles. The standard InChI is InChI=1S/C12H17ClN2O2.ClH/c13-9-1-2-12(17)10(7-9)11(8-16)15-5-3-14-4-6-15;/h1-2,7,11,14,16-17H,3-6,8H2;1H/t11-;/m0./s1. The van der Waals surface area contributed by atoms with Crippen LogP contribution in [0.1, 0.15) is 11.6 Å². The van der Waals surface area contributed by atoms with Gasteiger partial charge in [-0.1, -0.05) is 11.6 Å². The first-order valence-electron chi connectivity index (χ1n) is 5.76. The summed E-state index contributed by atoms with van der Waals surface area (Å²) in [5.41, 5.74) is 0.696. The average molecular weight is 293 g/mol. The van der Waals surface area contributed by atoms with Crippen LogP contribution in [0.4, 0.5) is 0 Å². The molecule has 1 aliphatic rings. The highest BCUT2D eigenvalue weighted by Gasteiger charge is 2.23. The van der Waals surface area contributed by atoms with Crippen LogP contribution in [0.5, 0.6) is 5.75 Å². The van der Waals surface area contributed by atoms with Crippen LogP contribution < -0.4 is 5.32 Å². The second kappa shape index (κ2) is 7.16. The molecule has 4 nitrogen and oxygen atoms in total. The van der Waals surface area contributed by atoms with Gasteiger partial charge >= 0.3 is 0 Å². The minimum absolute atomic E-state index is 0. The summed E-state index contributed by atoms with van der Waals surface area (Å²) in [5.74, 6) is 0.187. The molecule has 0 amide bonds. The van der Waals surface area contributed by atoms with Crippen molar-refractivity contribution in [2.45, 2.75) is 6.04 Å². The summed E-state index contributed by atoms with van der Waals surface area (Å²) in [5, 5.41) is 23.2. The number of phenolic OH excluding ortho intramolecular Hbond substituents is 1. The van der Waals surface area contributed by atoms with Crippen molar-refractivity contribution in [2.75, 3.05) is 32.8 Å². The van der Waals surface area contributed by atoms with E-state index >= 15 is 0 Å². The first-order chi connectivity index (χ1) is 8.22. The fraction of sp³-hybridized carbons (Fsp3) is 0.500. The molecule has 1 fully saturated rings. The second-order valence-corrected chi connectivity index (χ2v) is 4.62. The van der Waals surface area contributed by atoms with Gasteiger partial charge in [0.1, 0.15) is 5.75 Å². The van der Waals surface area contributed by atoms with E-state index in [1.807, 2.05) is 0 Å².